The molecule has 0 aromatic carbocycles. The molecule has 0 heterocycles. The molecule has 0 spiro atoms. The van der Waals surface area contributed by atoms with Gasteiger partial charge in [-0.05, 0) is 5.04 Å². The van der Waals surface area contributed by atoms with E-state index in [9.17, 15) is 0 Å². The van der Waals surface area contributed by atoms with Gasteiger partial charge in [-0.25, -0.2) is 0 Å². The van der Waals surface area contributed by atoms with Crippen molar-refractivity contribution in [1.29, 1.82) is 0 Å². The van der Waals surface area contributed by atoms with Crippen LogP contribution in [-0.2, 0) is 0 Å². The van der Waals surface area contributed by atoms with Crippen LogP contribution in [0.3, 0.4) is 0 Å². The first-order valence-corrected chi connectivity index (χ1v) is 9.79. The van der Waals surface area contributed by atoms with E-state index in [2.05, 4.69) is 36.1 Å². The molecule has 0 rings (SSSR count). The zero-order valence-corrected chi connectivity index (χ0v) is 11.8. The minimum Gasteiger partial charge on any atom is -0.135 e. The average Bonchev–Trinajstić information content (AvgIpc) is 2.04. The van der Waals surface area contributed by atoms with Crippen LogP contribution in [-0.4, -0.2) is 8.14 Å². The van der Waals surface area contributed by atoms with Crippen LogP contribution in [0.2, 0.25) is 5.04 Å². The molecule has 0 aliphatic rings. The summed E-state index contributed by atoms with van der Waals surface area (Å²) in [4.78, 5) is 0. The summed E-state index contributed by atoms with van der Waals surface area (Å²) in [6.07, 6.45) is 8.53. The zero-order valence-electron chi connectivity index (χ0n) is 8.83. The van der Waals surface area contributed by atoms with Crippen molar-refractivity contribution in [2.45, 2.75) is 64.3 Å². The lowest BCUT2D eigenvalue weighted by Crippen LogP contribution is -2.07. The minimum atomic E-state index is 0.0149. The van der Waals surface area contributed by atoms with Crippen molar-refractivity contribution in [3.63, 3.8) is 0 Å². The molecule has 74 valence electrons. The number of unbranched alkanes of at least 4 members (excludes halogenated alkanes) is 4. The van der Waals surface area contributed by atoms with Crippen LogP contribution in [0.25, 0.3) is 0 Å². The first kappa shape index (κ1) is 12.7. The molecule has 0 unspecified atom stereocenters. The fraction of sp³-hybridized carbons (Fsp3) is 1.00. The van der Waals surface area contributed by atoms with E-state index < -0.39 is 0 Å². The van der Waals surface area contributed by atoms with Crippen molar-refractivity contribution < 1.29 is 0 Å². The van der Waals surface area contributed by atoms with Gasteiger partial charge in [-0.2, -0.15) is 0 Å². The third-order valence-electron chi connectivity index (χ3n) is 2.32. The Balaban J connectivity index is 3.19. The van der Waals surface area contributed by atoms with Gasteiger partial charge in [0.15, 0.2) is 0 Å². The van der Waals surface area contributed by atoms with Crippen LogP contribution in [0.4, 0.5) is 0 Å². The van der Waals surface area contributed by atoms with Crippen LogP contribution in [0.1, 0.15) is 59.3 Å². The maximum Gasteiger partial charge on any atom is 0.104 e. The standard InChI is InChI=1S/C10H23BrSi/c1-4-5-6-7-8-9-10(2,3)12-11/h4-9,12H2,1-3H3. The second-order valence-corrected chi connectivity index (χ2v) is 8.33. The Bertz CT molecular complexity index is 102. The first-order valence-electron chi connectivity index (χ1n) is 5.18. The third kappa shape index (κ3) is 7.35. The van der Waals surface area contributed by atoms with Gasteiger partial charge in [0.05, 0.1) is 0 Å². The van der Waals surface area contributed by atoms with Crippen LogP contribution in [0.15, 0.2) is 0 Å². The Morgan fingerprint density at radius 3 is 2.17 bits per heavy atom. The number of hydrogen-bond acceptors (Lipinski definition) is 0. The van der Waals surface area contributed by atoms with Crippen LogP contribution in [0, 0.1) is 0 Å². The highest BCUT2D eigenvalue weighted by molar-refractivity contribution is 9.23. The molecule has 0 saturated heterocycles. The number of halogens is 1. The lowest BCUT2D eigenvalue weighted by molar-refractivity contribution is 0.533. The highest BCUT2D eigenvalue weighted by Gasteiger charge is 2.15. The highest BCUT2D eigenvalue weighted by atomic mass is 79.9. The Labute approximate surface area is 87.9 Å². The van der Waals surface area contributed by atoms with Crippen LogP contribution < -0.4 is 0 Å². The maximum absolute atomic E-state index is 3.69. The topological polar surface area (TPSA) is 0 Å². The lowest BCUT2D eigenvalue weighted by Gasteiger charge is -2.20. The minimum absolute atomic E-state index is 0.0149. The van der Waals surface area contributed by atoms with Gasteiger partial charge in [-0.1, -0.05) is 59.3 Å². The summed E-state index contributed by atoms with van der Waals surface area (Å²) in [5, 5.41) is 0.645. The molecule has 0 saturated carbocycles. The van der Waals surface area contributed by atoms with Gasteiger partial charge in [-0.3, -0.25) is 0 Å². The molecule has 0 fully saturated rings. The molecule has 0 aliphatic heterocycles. The van der Waals surface area contributed by atoms with Crippen molar-refractivity contribution in [2.75, 3.05) is 0 Å². The van der Waals surface area contributed by atoms with Crippen LogP contribution >= 0.6 is 15.3 Å². The summed E-state index contributed by atoms with van der Waals surface area (Å²) in [5.74, 6) is 0. The van der Waals surface area contributed by atoms with Crippen molar-refractivity contribution in [2.24, 2.45) is 0 Å². The van der Waals surface area contributed by atoms with Crippen molar-refractivity contribution in [3.8, 4) is 0 Å². The largest absolute Gasteiger partial charge is 0.135 e. The smallest absolute Gasteiger partial charge is 0.104 e. The SMILES string of the molecule is CCCCCCCC(C)(C)[SiH2]Br. The molecule has 0 amide bonds. The first-order chi connectivity index (χ1) is 5.62. The fourth-order valence-electron chi connectivity index (χ4n) is 1.27. The highest BCUT2D eigenvalue weighted by Crippen LogP contribution is 2.31. The van der Waals surface area contributed by atoms with E-state index in [4.69, 9.17) is 0 Å². The molecule has 0 aromatic heterocycles. The number of rotatable bonds is 7. The molecule has 0 nitrogen and oxygen atoms in total. The second-order valence-electron chi connectivity index (χ2n) is 4.46. The lowest BCUT2D eigenvalue weighted by atomic mass is 10.0. The molecule has 2 heteroatoms. The van der Waals surface area contributed by atoms with Gasteiger partial charge < -0.3 is 0 Å². The summed E-state index contributed by atoms with van der Waals surface area (Å²) < 4.78 is 0. The predicted molar refractivity (Wildman–Crippen MR) is 64.9 cm³/mol. The Hall–Kier alpha value is 0.697. The van der Waals surface area contributed by atoms with Crippen molar-refractivity contribution in [1.82, 2.24) is 0 Å². The second kappa shape index (κ2) is 7.13. The van der Waals surface area contributed by atoms with Crippen LogP contribution in [0.5, 0.6) is 0 Å². The van der Waals surface area contributed by atoms with E-state index in [0.29, 0.717) is 5.04 Å². The fourth-order valence-corrected chi connectivity index (χ4v) is 2.50. The molecular weight excluding hydrogens is 228 g/mol. The van der Waals surface area contributed by atoms with E-state index in [-0.39, 0.29) is 8.14 Å². The quantitative estimate of drug-likeness (QED) is 0.364. The van der Waals surface area contributed by atoms with Crippen molar-refractivity contribution in [3.05, 3.63) is 0 Å². The summed E-state index contributed by atoms with van der Waals surface area (Å²) in [5.41, 5.74) is 0. The Kier molecular flexibility index (Phi) is 7.55. The Morgan fingerprint density at radius 2 is 1.67 bits per heavy atom. The van der Waals surface area contributed by atoms with Gasteiger partial charge in [0.25, 0.3) is 0 Å². The molecule has 0 atom stereocenters. The van der Waals surface area contributed by atoms with E-state index in [1.165, 1.54) is 38.5 Å². The summed E-state index contributed by atoms with van der Waals surface area (Å²) >= 11 is 3.69. The normalized spacial score (nSPS) is 13.0. The van der Waals surface area contributed by atoms with E-state index in [0.717, 1.165) is 0 Å². The van der Waals surface area contributed by atoms with Gasteiger partial charge in [0, 0.05) is 0 Å². The maximum atomic E-state index is 3.69. The van der Waals surface area contributed by atoms with Gasteiger partial charge in [-0.15, -0.1) is 15.3 Å². The zero-order chi connectivity index (χ0) is 9.45. The predicted octanol–water partition coefficient (Wildman–Crippen LogP) is 4.02. The molecule has 12 heavy (non-hydrogen) atoms. The molecule has 0 aromatic rings. The van der Waals surface area contributed by atoms with Crippen molar-refractivity contribution >= 4 is 23.4 Å². The average molecular weight is 251 g/mol. The Morgan fingerprint density at radius 1 is 1.08 bits per heavy atom. The van der Waals surface area contributed by atoms with Gasteiger partial charge >= 0.3 is 0 Å². The third-order valence-corrected chi connectivity index (χ3v) is 7.95. The molecule has 0 aliphatic carbocycles. The van der Waals surface area contributed by atoms with E-state index in [1.54, 1.807) is 0 Å². The van der Waals surface area contributed by atoms with Gasteiger partial charge in [0.2, 0.25) is 0 Å². The summed E-state index contributed by atoms with van der Waals surface area (Å²) in [7, 11) is 0.0149. The number of hydrogen-bond donors (Lipinski definition) is 0. The monoisotopic (exact) mass is 250 g/mol. The molecule has 0 N–H and O–H groups in total. The van der Waals surface area contributed by atoms with E-state index >= 15 is 0 Å². The molecular formula is C10H23BrSi. The molecule has 0 radical (unpaired) electrons. The van der Waals surface area contributed by atoms with E-state index in [1.807, 2.05) is 0 Å². The summed E-state index contributed by atoms with van der Waals surface area (Å²) in [6.45, 7) is 7.07. The van der Waals surface area contributed by atoms with Gasteiger partial charge in [0.1, 0.15) is 8.14 Å². The molecule has 0 bridgehead atoms. The summed E-state index contributed by atoms with van der Waals surface area (Å²) in [6, 6.07) is 0.